The molecule has 2 heterocycles. The first kappa shape index (κ1) is 9.01. The molecule has 0 bridgehead atoms. The molecule has 11 heavy (non-hydrogen) atoms. The molecule has 2 aliphatic heterocycles. The van der Waals surface area contributed by atoms with E-state index < -0.39 is 0 Å². The molecule has 4 atom stereocenters. The Kier molecular flexibility index (Phi) is 2.55. The molecule has 0 amide bonds. The zero-order chi connectivity index (χ0) is 7.14. The van der Waals surface area contributed by atoms with E-state index in [-0.39, 0.29) is 7.43 Å². The van der Waals surface area contributed by atoms with Crippen molar-refractivity contribution in [1.29, 1.82) is 0 Å². The monoisotopic (exact) mass is 158 g/mol. The van der Waals surface area contributed by atoms with Crippen LogP contribution in [0.15, 0.2) is 0 Å². The molecule has 0 aromatic carbocycles. The van der Waals surface area contributed by atoms with Crippen LogP contribution in [0.1, 0.15) is 21.3 Å². The number of ether oxygens (including phenoxy) is 2. The number of hydrogen-bond acceptors (Lipinski definition) is 2. The molecule has 0 N–H and O–H groups in total. The van der Waals surface area contributed by atoms with Crippen molar-refractivity contribution in [3.63, 3.8) is 0 Å². The predicted octanol–water partition coefficient (Wildman–Crippen LogP) is 1.69. The maximum Gasteiger partial charge on any atom is 0.0887 e. The average molecular weight is 158 g/mol. The van der Waals surface area contributed by atoms with Gasteiger partial charge in [-0.1, -0.05) is 21.3 Å². The second kappa shape index (κ2) is 3.11. The van der Waals surface area contributed by atoms with Crippen LogP contribution in [-0.2, 0) is 9.47 Å². The van der Waals surface area contributed by atoms with Crippen LogP contribution in [0, 0.1) is 11.8 Å². The Bertz CT molecular complexity index is 120. The fourth-order valence-electron chi connectivity index (χ4n) is 1.88. The van der Waals surface area contributed by atoms with Crippen molar-refractivity contribution in [2.75, 3.05) is 13.2 Å². The van der Waals surface area contributed by atoms with Gasteiger partial charge in [0.05, 0.1) is 25.4 Å². The highest BCUT2D eigenvalue weighted by atomic mass is 16.6. The summed E-state index contributed by atoms with van der Waals surface area (Å²) in [6, 6.07) is 0. The third kappa shape index (κ3) is 1.30. The lowest BCUT2D eigenvalue weighted by atomic mass is 9.99. The third-order valence-electron chi connectivity index (χ3n) is 2.55. The minimum atomic E-state index is 0. The normalized spacial score (nSPS) is 48.5. The summed E-state index contributed by atoms with van der Waals surface area (Å²) >= 11 is 0. The second-order valence-electron chi connectivity index (χ2n) is 3.55. The number of fused-ring (bicyclic) bond motifs is 1. The van der Waals surface area contributed by atoms with Gasteiger partial charge in [-0.15, -0.1) is 0 Å². The van der Waals surface area contributed by atoms with Gasteiger partial charge < -0.3 is 9.47 Å². The van der Waals surface area contributed by atoms with Gasteiger partial charge in [0.15, 0.2) is 0 Å². The largest absolute Gasteiger partial charge is 0.375 e. The van der Waals surface area contributed by atoms with Gasteiger partial charge in [0.1, 0.15) is 0 Å². The summed E-state index contributed by atoms with van der Waals surface area (Å²) < 4.78 is 11.2. The SMILES string of the molecule is C.CC1CO[C@@H]2[C@H](C)CO[C@H]12. The smallest absolute Gasteiger partial charge is 0.0887 e. The summed E-state index contributed by atoms with van der Waals surface area (Å²) in [6.45, 7) is 6.17. The van der Waals surface area contributed by atoms with E-state index in [0.717, 1.165) is 13.2 Å². The van der Waals surface area contributed by atoms with Gasteiger partial charge in [-0.3, -0.25) is 0 Å². The second-order valence-corrected chi connectivity index (χ2v) is 3.55. The molecule has 2 rings (SSSR count). The van der Waals surface area contributed by atoms with E-state index in [9.17, 15) is 0 Å². The van der Waals surface area contributed by atoms with Crippen LogP contribution in [0.3, 0.4) is 0 Å². The lowest BCUT2D eigenvalue weighted by Gasteiger charge is -2.10. The van der Waals surface area contributed by atoms with Gasteiger partial charge >= 0.3 is 0 Å². The quantitative estimate of drug-likeness (QED) is 0.534. The number of hydrogen-bond donors (Lipinski definition) is 0. The summed E-state index contributed by atoms with van der Waals surface area (Å²) in [5.41, 5.74) is 0. The van der Waals surface area contributed by atoms with Crippen LogP contribution in [-0.4, -0.2) is 25.4 Å². The maximum atomic E-state index is 5.58. The number of rotatable bonds is 0. The van der Waals surface area contributed by atoms with E-state index in [1.165, 1.54) is 0 Å². The highest BCUT2D eigenvalue weighted by Crippen LogP contribution is 2.33. The van der Waals surface area contributed by atoms with Crippen molar-refractivity contribution in [1.82, 2.24) is 0 Å². The molecule has 0 aliphatic carbocycles. The van der Waals surface area contributed by atoms with Crippen LogP contribution in [0.5, 0.6) is 0 Å². The third-order valence-corrected chi connectivity index (χ3v) is 2.55. The minimum absolute atomic E-state index is 0. The molecular formula is C9H18O2. The van der Waals surface area contributed by atoms with Crippen LogP contribution < -0.4 is 0 Å². The Morgan fingerprint density at radius 1 is 0.909 bits per heavy atom. The molecule has 1 unspecified atom stereocenters. The van der Waals surface area contributed by atoms with Gasteiger partial charge in [0.25, 0.3) is 0 Å². The molecule has 2 saturated heterocycles. The van der Waals surface area contributed by atoms with Crippen LogP contribution in [0.2, 0.25) is 0 Å². The first-order chi connectivity index (χ1) is 4.79. The van der Waals surface area contributed by atoms with Crippen LogP contribution in [0.4, 0.5) is 0 Å². The maximum absolute atomic E-state index is 5.58. The highest BCUT2D eigenvalue weighted by molar-refractivity contribution is 4.90. The van der Waals surface area contributed by atoms with E-state index in [4.69, 9.17) is 9.47 Å². The van der Waals surface area contributed by atoms with Crippen molar-refractivity contribution >= 4 is 0 Å². The fraction of sp³-hybridized carbons (Fsp3) is 1.00. The molecule has 0 aromatic rings. The van der Waals surface area contributed by atoms with E-state index in [2.05, 4.69) is 13.8 Å². The fourth-order valence-corrected chi connectivity index (χ4v) is 1.88. The Morgan fingerprint density at radius 2 is 1.27 bits per heavy atom. The van der Waals surface area contributed by atoms with E-state index in [1.54, 1.807) is 0 Å². The molecule has 0 saturated carbocycles. The summed E-state index contributed by atoms with van der Waals surface area (Å²) in [6.07, 6.45) is 0.796. The van der Waals surface area contributed by atoms with Crippen molar-refractivity contribution in [3.05, 3.63) is 0 Å². The standard InChI is InChI=1S/C8H14O2.CH4/c1-5-3-9-8-6(2)4-10-7(5)8;/h5-8H,3-4H2,1-2H3;1H4/t5-,6?,7-,8-;/m1./s1. The Labute approximate surface area is 68.9 Å². The Balaban J connectivity index is 0.000000605. The molecule has 0 radical (unpaired) electrons. The topological polar surface area (TPSA) is 18.5 Å². The Hall–Kier alpha value is -0.0800. The van der Waals surface area contributed by atoms with Crippen molar-refractivity contribution < 1.29 is 9.47 Å². The van der Waals surface area contributed by atoms with Crippen molar-refractivity contribution in [3.8, 4) is 0 Å². The van der Waals surface area contributed by atoms with Gasteiger partial charge in [-0.2, -0.15) is 0 Å². The zero-order valence-electron chi connectivity index (χ0n) is 6.54. The van der Waals surface area contributed by atoms with E-state index in [0.29, 0.717) is 24.0 Å². The Morgan fingerprint density at radius 3 is 1.64 bits per heavy atom. The van der Waals surface area contributed by atoms with Gasteiger partial charge in [0.2, 0.25) is 0 Å². The van der Waals surface area contributed by atoms with Crippen molar-refractivity contribution in [2.24, 2.45) is 11.8 Å². The summed E-state index contributed by atoms with van der Waals surface area (Å²) in [5, 5.41) is 0. The molecule has 0 spiro atoms. The molecule has 2 heteroatoms. The molecule has 0 aromatic heterocycles. The van der Waals surface area contributed by atoms with Gasteiger partial charge in [-0.05, 0) is 0 Å². The average Bonchev–Trinajstić information content (AvgIpc) is 2.41. The molecule has 2 aliphatic rings. The molecule has 2 fully saturated rings. The highest BCUT2D eigenvalue weighted by Gasteiger charge is 2.43. The minimum Gasteiger partial charge on any atom is -0.375 e. The lowest BCUT2D eigenvalue weighted by Crippen LogP contribution is -2.23. The summed E-state index contributed by atoms with van der Waals surface area (Å²) in [4.78, 5) is 0. The first-order valence-corrected chi connectivity index (χ1v) is 4.02. The van der Waals surface area contributed by atoms with Crippen molar-refractivity contribution in [2.45, 2.75) is 33.5 Å². The molecule has 2 nitrogen and oxygen atoms in total. The van der Waals surface area contributed by atoms with Gasteiger partial charge in [-0.25, -0.2) is 0 Å². The first-order valence-electron chi connectivity index (χ1n) is 4.02. The predicted molar refractivity (Wildman–Crippen MR) is 44.5 cm³/mol. The molecular weight excluding hydrogens is 140 g/mol. The molecule has 66 valence electrons. The lowest BCUT2D eigenvalue weighted by molar-refractivity contribution is 0.0627. The van der Waals surface area contributed by atoms with Gasteiger partial charge in [0, 0.05) is 11.8 Å². The zero-order valence-corrected chi connectivity index (χ0v) is 6.54. The van der Waals surface area contributed by atoms with E-state index in [1.807, 2.05) is 0 Å². The summed E-state index contributed by atoms with van der Waals surface area (Å²) in [5.74, 6) is 1.21. The van der Waals surface area contributed by atoms with Crippen LogP contribution in [0.25, 0.3) is 0 Å². The van der Waals surface area contributed by atoms with E-state index >= 15 is 0 Å². The van der Waals surface area contributed by atoms with Crippen LogP contribution >= 0.6 is 0 Å². The summed E-state index contributed by atoms with van der Waals surface area (Å²) in [7, 11) is 0.